The number of amides is 1. The van der Waals surface area contributed by atoms with E-state index in [4.69, 9.17) is 18.0 Å². The number of benzene rings is 1. The van der Waals surface area contributed by atoms with E-state index in [0.717, 1.165) is 42.6 Å². The van der Waals surface area contributed by atoms with Crippen LogP contribution in [0.25, 0.3) is 10.9 Å². The molecule has 1 saturated heterocycles. The molecule has 1 N–H and O–H groups in total. The van der Waals surface area contributed by atoms with Gasteiger partial charge in [-0.25, -0.2) is 0 Å². The second-order valence-electron chi connectivity index (χ2n) is 5.51. The van der Waals surface area contributed by atoms with Gasteiger partial charge in [-0.3, -0.25) is 9.69 Å². The molecule has 4 nitrogen and oxygen atoms in total. The Balaban J connectivity index is 1.68. The van der Waals surface area contributed by atoms with E-state index >= 15 is 0 Å². The minimum Gasteiger partial charge on any atom is -0.361 e. The highest BCUT2D eigenvalue weighted by Gasteiger charge is 2.21. The Kier molecular flexibility index (Phi) is 4.37. The maximum Gasteiger partial charge on any atom is 0.227 e. The van der Waals surface area contributed by atoms with Crippen molar-refractivity contribution in [2.75, 3.05) is 32.7 Å². The molecule has 0 saturated carbocycles. The Morgan fingerprint density at radius 3 is 2.82 bits per heavy atom. The van der Waals surface area contributed by atoms with Gasteiger partial charge in [0.25, 0.3) is 0 Å². The van der Waals surface area contributed by atoms with Gasteiger partial charge in [-0.15, -0.1) is 6.42 Å². The lowest BCUT2D eigenvalue weighted by atomic mass is 10.1. The van der Waals surface area contributed by atoms with Crippen molar-refractivity contribution < 1.29 is 4.79 Å². The quantitative estimate of drug-likeness (QED) is 0.882. The van der Waals surface area contributed by atoms with E-state index < -0.39 is 0 Å². The fourth-order valence-electron chi connectivity index (χ4n) is 2.91. The van der Waals surface area contributed by atoms with Crippen LogP contribution in [0.4, 0.5) is 0 Å². The molecule has 2 aromatic rings. The van der Waals surface area contributed by atoms with Gasteiger partial charge in [0.1, 0.15) is 0 Å². The second-order valence-corrected chi connectivity index (χ2v) is 5.92. The highest BCUT2D eigenvalue weighted by molar-refractivity contribution is 6.35. The fourth-order valence-corrected chi connectivity index (χ4v) is 3.20. The summed E-state index contributed by atoms with van der Waals surface area (Å²) >= 11 is 6.26. The Bertz CT molecular complexity index is 723. The monoisotopic (exact) mass is 315 g/mol. The molecule has 1 aliphatic rings. The molecule has 1 fully saturated rings. The molecule has 1 aromatic carbocycles. The number of terminal acetylenes is 1. The zero-order valence-corrected chi connectivity index (χ0v) is 13.1. The molecule has 0 aliphatic carbocycles. The van der Waals surface area contributed by atoms with Gasteiger partial charge >= 0.3 is 0 Å². The summed E-state index contributed by atoms with van der Waals surface area (Å²) in [5.41, 5.74) is 1.92. The molecule has 3 rings (SSSR count). The number of piperazine rings is 1. The van der Waals surface area contributed by atoms with Gasteiger partial charge < -0.3 is 9.88 Å². The van der Waals surface area contributed by atoms with Crippen molar-refractivity contribution >= 4 is 28.4 Å². The maximum absolute atomic E-state index is 12.5. The zero-order valence-electron chi connectivity index (χ0n) is 12.3. The van der Waals surface area contributed by atoms with E-state index in [1.165, 1.54) is 0 Å². The molecule has 0 bridgehead atoms. The molecule has 0 radical (unpaired) electrons. The number of hydrogen-bond donors (Lipinski definition) is 1. The highest BCUT2D eigenvalue weighted by atomic mass is 35.5. The molecule has 114 valence electrons. The molecule has 22 heavy (non-hydrogen) atoms. The minimum absolute atomic E-state index is 0.140. The van der Waals surface area contributed by atoms with Crippen LogP contribution in [0.3, 0.4) is 0 Å². The van der Waals surface area contributed by atoms with Gasteiger partial charge in [0.05, 0.1) is 18.0 Å². The summed E-state index contributed by atoms with van der Waals surface area (Å²) in [5.74, 6) is 2.79. The first kappa shape index (κ1) is 15.0. The fraction of sp³-hybridized carbons (Fsp3) is 0.353. The van der Waals surface area contributed by atoms with Crippen molar-refractivity contribution in [1.29, 1.82) is 0 Å². The van der Waals surface area contributed by atoms with Gasteiger partial charge in [0, 0.05) is 43.3 Å². The van der Waals surface area contributed by atoms with Crippen LogP contribution in [0.15, 0.2) is 24.4 Å². The second kappa shape index (κ2) is 6.43. The van der Waals surface area contributed by atoms with Crippen molar-refractivity contribution in [3.8, 4) is 12.3 Å². The molecular weight excluding hydrogens is 298 g/mol. The Morgan fingerprint density at radius 2 is 2.09 bits per heavy atom. The molecule has 0 atom stereocenters. The smallest absolute Gasteiger partial charge is 0.227 e. The minimum atomic E-state index is 0.140. The average Bonchev–Trinajstić information content (AvgIpc) is 2.93. The van der Waals surface area contributed by atoms with Crippen LogP contribution in [-0.4, -0.2) is 53.4 Å². The number of rotatable bonds is 3. The third-order valence-electron chi connectivity index (χ3n) is 4.12. The molecule has 5 heteroatoms. The summed E-state index contributed by atoms with van der Waals surface area (Å²) in [7, 11) is 0. The number of fused-ring (bicyclic) bond motifs is 1. The van der Waals surface area contributed by atoms with Crippen LogP contribution in [0.1, 0.15) is 5.56 Å². The summed E-state index contributed by atoms with van der Waals surface area (Å²) in [4.78, 5) is 19.8. The van der Waals surface area contributed by atoms with Gasteiger partial charge in [-0.1, -0.05) is 23.6 Å². The lowest BCUT2D eigenvalue weighted by Crippen LogP contribution is -2.49. The van der Waals surface area contributed by atoms with E-state index in [0.29, 0.717) is 18.0 Å². The van der Waals surface area contributed by atoms with Gasteiger partial charge in [-0.05, 0) is 17.7 Å². The number of nitrogens with one attached hydrogen (secondary N) is 1. The number of H-pyrrole nitrogens is 1. The zero-order chi connectivity index (χ0) is 15.5. The van der Waals surface area contributed by atoms with E-state index in [1.54, 1.807) is 0 Å². The van der Waals surface area contributed by atoms with E-state index in [2.05, 4.69) is 15.8 Å². The van der Waals surface area contributed by atoms with Crippen molar-refractivity contribution in [3.63, 3.8) is 0 Å². The van der Waals surface area contributed by atoms with Crippen LogP contribution in [0.5, 0.6) is 0 Å². The molecule has 1 amide bonds. The molecule has 1 aliphatic heterocycles. The summed E-state index contributed by atoms with van der Waals surface area (Å²) in [6.07, 6.45) is 7.57. The van der Waals surface area contributed by atoms with E-state index in [-0.39, 0.29) is 5.91 Å². The first-order valence-electron chi connectivity index (χ1n) is 7.37. The number of nitrogens with zero attached hydrogens (tertiary/aromatic N) is 2. The summed E-state index contributed by atoms with van der Waals surface area (Å²) in [6, 6.07) is 5.72. The van der Waals surface area contributed by atoms with Gasteiger partial charge in [0.15, 0.2) is 0 Å². The lowest BCUT2D eigenvalue weighted by Gasteiger charge is -2.33. The SMILES string of the molecule is C#CCN1CCN(C(=O)Cc2c[nH]c3cccc(Cl)c23)CC1. The number of hydrogen-bond acceptors (Lipinski definition) is 2. The van der Waals surface area contributed by atoms with Crippen molar-refractivity contribution in [2.24, 2.45) is 0 Å². The number of aromatic amines is 1. The van der Waals surface area contributed by atoms with Gasteiger partial charge in [0.2, 0.25) is 5.91 Å². The summed E-state index contributed by atoms with van der Waals surface area (Å²) in [5, 5.41) is 1.63. The van der Waals surface area contributed by atoms with Crippen LogP contribution in [0.2, 0.25) is 5.02 Å². The normalized spacial score (nSPS) is 15.9. The highest BCUT2D eigenvalue weighted by Crippen LogP contribution is 2.27. The standard InChI is InChI=1S/C17H18ClN3O/c1-2-6-20-7-9-21(10-8-20)16(22)11-13-12-19-15-5-3-4-14(18)17(13)15/h1,3-5,12,19H,6-11H2. The lowest BCUT2D eigenvalue weighted by molar-refractivity contribution is -0.132. The number of halogens is 1. The average molecular weight is 316 g/mol. The Morgan fingerprint density at radius 1 is 1.32 bits per heavy atom. The number of carbonyl (C=O) groups excluding carboxylic acids is 1. The third-order valence-corrected chi connectivity index (χ3v) is 4.43. The Labute approximate surface area is 135 Å². The number of carbonyl (C=O) groups is 1. The van der Waals surface area contributed by atoms with Crippen LogP contribution in [-0.2, 0) is 11.2 Å². The van der Waals surface area contributed by atoms with Crippen molar-refractivity contribution in [3.05, 3.63) is 35.0 Å². The summed E-state index contributed by atoms with van der Waals surface area (Å²) in [6.45, 7) is 3.79. The van der Waals surface area contributed by atoms with Crippen molar-refractivity contribution in [1.82, 2.24) is 14.8 Å². The molecule has 0 unspecified atom stereocenters. The van der Waals surface area contributed by atoms with Gasteiger partial charge in [-0.2, -0.15) is 0 Å². The van der Waals surface area contributed by atoms with E-state index in [1.807, 2.05) is 29.3 Å². The molecular formula is C17H18ClN3O. The molecule has 0 spiro atoms. The topological polar surface area (TPSA) is 39.3 Å². The number of aromatic nitrogens is 1. The largest absolute Gasteiger partial charge is 0.361 e. The predicted molar refractivity (Wildman–Crippen MR) is 88.9 cm³/mol. The van der Waals surface area contributed by atoms with Crippen LogP contribution in [0, 0.1) is 12.3 Å². The summed E-state index contributed by atoms with van der Waals surface area (Å²) < 4.78 is 0. The first-order valence-corrected chi connectivity index (χ1v) is 7.75. The third kappa shape index (κ3) is 2.96. The Hall–Kier alpha value is -1.96. The predicted octanol–water partition coefficient (Wildman–Crippen LogP) is 2.14. The van der Waals surface area contributed by atoms with Crippen LogP contribution >= 0.6 is 11.6 Å². The maximum atomic E-state index is 12.5. The van der Waals surface area contributed by atoms with Crippen molar-refractivity contribution in [2.45, 2.75) is 6.42 Å². The van der Waals surface area contributed by atoms with Crippen LogP contribution < -0.4 is 0 Å². The molecule has 2 heterocycles. The first-order chi connectivity index (χ1) is 10.7. The van der Waals surface area contributed by atoms with E-state index in [9.17, 15) is 4.79 Å². The molecule has 1 aromatic heterocycles.